The number of nitrogens with zero attached hydrogens (tertiary/aromatic N) is 2. The molecular formula is C19H32N4S. The monoisotopic (exact) mass is 348 g/mol. The van der Waals surface area contributed by atoms with Crippen LogP contribution in [-0.2, 0) is 6.54 Å². The van der Waals surface area contributed by atoms with E-state index < -0.39 is 0 Å². The van der Waals surface area contributed by atoms with Gasteiger partial charge in [0, 0.05) is 43.4 Å². The molecule has 4 nitrogen and oxygen atoms in total. The van der Waals surface area contributed by atoms with Crippen LogP contribution in [0.4, 0.5) is 5.69 Å². The van der Waals surface area contributed by atoms with E-state index in [0.29, 0.717) is 0 Å². The van der Waals surface area contributed by atoms with E-state index in [2.05, 4.69) is 53.6 Å². The first-order chi connectivity index (χ1) is 11.8. The van der Waals surface area contributed by atoms with Crippen LogP contribution in [-0.4, -0.2) is 43.6 Å². The number of thioether (sulfide) groups is 1. The van der Waals surface area contributed by atoms with Crippen molar-refractivity contribution < 1.29 is 0 Å². The molecule has 2 rings (SSSR count). The summed E-state index contributed by atoms with van der Waals surface area (Å²) < 4.78 is 0. The number of anilines is 1. The fraction of sp³-hybridized carbons (Fsp3) is 0.632. The maximum Gasteiger partial charge on any atom is 0.191 e. The Morgan fingerprint density at radius 2 is 1.83 bits per heavy atom. The Labute approximate surface area is 151 Å². The number of guanidine groups is 1. The van der Waals surface area contributed by atoms with Crippen LogP contribution in [0.15, 0.2) is 29.3 Å². The lowest BCUT2D eigenvalue weighted by Crippen LogP contribution is -2.37. The second-order valence-corrected chi connectivity index (χ2v) is 7.32. The third-order valence-corrected chi connectivity index (χ3v) is 5.09. The van der Waals surface area contributed by atoms with E-state index in [1.165, 1.54) is 42.0 Å². The number of unbranched alkanes of at least 4 members (excludes halogenated alkanes) is 2. The van der Waals surface area contributed by atoms with Crippen molar-refractivity contribution in [1.29, 1.82) is 0 Å². The normalized spacial score (nSPS) is 15.4. The molecule has 0 aliphatic carbocycles. The van der Waals surface area contributed by atoms with E-state index in [9.17, 15) is 0 Å². The minimum atomic E-state index is 0.721. The molecule has 134 valence electrons. The van der Waals surface area contributed by atoms with Gasteiger partial charge in [-0.05, 0) is 31.0 Å². The van der Waals surface area contributed by atoms with Crippen molar-refractivity contribution in [2.45, 2.75) is 39.7 Å². The van der Waals surface area contributed by atoms with E-state index in [4.69, 9.17) is 4.99 Å². The van der Waals surface area contributed by atoms with E-state index in [1.807, 2.05) is 11.8 Å². The molecule has 1 aromatic carbocycles. The molecule has 0 aromatic heterocycles. The average molecular weight is 349 g/mol. The Bertz CT molecular complexity index is 481. The Kier molecular flexibility index (Phi) is 8.88. The molecular weight excluding hydrogens is 316 g/mol. The fourth-order valence-corrected chi connectivity index (χ4v) is 3.63. The van der Waals surface area contributed by atoms with Crippen LogP contribution in [0.2, 0.25) is 0 Å². The number of hydrogen-bond acceptors (Lipinski definition) is 3. The first-order valence-corrected chi connectivity index (χ1v) is 10.4. The van der Waals surface area contributed by atoms with Crippen molar-refractivity contribution in [2.75, 3.05) is 42.6 Å². The van der Waals surface area contributed by atoms with Crippen LogP contribution in [0.5, 0.6) is 0 Å². The molecule has 2 N–H and O–H groups in total. The third kappa shape index (κ3) is 6.63. The maximum atomic E-state index is 4.70. The largest absolute Gasteiger partial charge is 0.370 e. The van der Waals surface area contributed by atoms with E-state index in [-0.39, 0.29) is 0 Å². The second-order valence-electron chi connectivity index (χ2n) is 6.09. The number of benzene rings is 1. The summed E-state index contributed by atoms with van der Waals surface area (Å²) in [7, 11) is 0. The van der Waals surface area contributed by atoms with Gasteiger partial charge in [-0.2, -0.15) is 11.8 Å². The summed E-state index contributed by atoms with van der Waals surface area (Å²) in [6.07, 6.45) is 3.71. The molecule has 0 bridgehead atoms. The van der Waals surface area contributed by atoms with Crippen molar-refractivity contribution in [3.05, 3.63) is 29.8 Å². The van der Waals surface area contributed by atoms with Gasteiger partial charge in [0.15, 0.2) is 5.96 Å². The first kappa shape index (κ1) is 19.0. The van der Waals surface area contributed by atoms with E-state index in [0.717, 1.165) is 38.7 Å². The van der Waals surface area contributed by atoms with Crippen molar-refractivity contribution in [3.8, 4) is 0 Å². The lowest BCUT2D eigenvalue weighted by Gasteiger charge is -2.28. The van der Waals surface area contributed by atoms with Crippen LogP contribution in [0.1, 0.15) is 38.7 Å². The van der Waals surface area contributed by atoms with Gasteiger partial charge in [-0.1, -0.05) is 31.9 Å². The van der Waals surface area contributed by atoms with Gasteiger partial charge in [0.25, 0.3) is 0 Å². The molecule has 0 unspecified atom stereocenters. The van der Waals surface area contributed by atoms with Crippen LogP contribution in [0.25, 0.3) is 0 Å². The molecule has 1 saturated heterocycles. The lowest BCUT2D eigenvalue weighted by molar-refractivity contribution is 0.683. The number of nitrogens with one attached hydrogen (secondary N) is 2. The Balaban J connectivity index is 1.85. The van der Waals surface area contributed by atoms with Crippen molar-refractivity contribution >= 4 is 23.4 Å². The molecule has 1 aliphatic rings. The Morgan fingerprint density at radius 3 is 2.50 bits per heavy atom. The summed E-state index contributed by atoms with van der Waals surface area (Å²) in [4.78, 5) is 7.18. The standard InChI is InChI=1S/C19H32N4S/c1-3-5-6-11-21-19(20-4-2)22-16-17-7-9-18(10-8-17)23-12-14-24-15-13-23/h7-10H,3-6,11-16H2,1-2H3,(H2,20,21,22). The summed E-state index contributed by atoms with van der Waals surface area (Å²) in [6, 6.07) is 8.90. The quantitative estimate of drug-likeness (QED) is 0.429. The minimum absolute atomic E-state index is 0.721. The molecule has 1 heterocycles. The molecule has 0 spiro atoms. The van der Waals surface area contributed by atoms with Crippen molar-refractivity contribution in [1.82, 2.24) is 10.6 Å². The van der Waals surface area contributed by atoms with Gasteiger partial charge in [0.1, 0.15) is 0 Å². The minimum Gasteiger partial charge on any atom is -0.370 e. The maximum absolute atomic E-state index is 4.70. The van der Waals surface area contributed by atoms with Gasteiger partial charge >= 0.3 is 0 Å². The van der Waals surface area contributed by atoms with Gasteiger partial charge < -0.3 is 15.5 Å². The summed E-state index contributed by atoms with van der Waals surface area (Å²) in [6.45, 7) is 9.26. The molecule has 0 atom stereocenters. The summed E-state index contributed by atoms with van der Waals surface area (Å²) >= 11 is 2.05. The van der Waals surface area contributed by atoms with E-state index >= 15 is 0 Å². The molecule has 1 aromatic rings. The Hall–Kier alpha value is -1.36. The topological polar surface area (TPSA) is 39.7 Å². The molecule has 5 heteroatoms. The molecule has 1 fully saturated rings. The van der Waals surface area contributed by atoms with Crippen LogP contribution in [0, 0.1) is 0 Å². The van der Waals surface area contributed by atoms with Gasteiger partial charge in [-0.15, -0.1) is 0 Å². The Morgan fingerprint density at radius 1 is 1.08 bits per heavy atom. The summed E-state index contributed by atoms with van der Waals surface area (Å²) in [5, 5.41) is 6.74. The fourth-order valence-electron chi connectivity index (χ4n) is 2.73. The van der Waals surface area contributed by atoms with Crippen LogP contribution < -0.4 is 15.5 Å². The number of rotatable bonds is 8. The van der Waals surface area contributed by atoms with Gasteiger partial charge in [0.05, 0.1) is 6.54 Å². The summed E-state index contributed by atoms with van der Waals surface area (Å²) in [5.41, 5.74) is 2.60. The predicted octanol–water partition coefficient (Wildman–Crippen LogP) is 3.49. The van der Waals surface area contributed by atoms with Crippen LogP contribution in [0.3, 0.4) is 0 Å². The van der Waals surface area contributed by atoms with E-state index in [1.54, 1.807) is 0 Å². The van der Waals surface area contributed by atoms with Gasteiger partial charge in [0.2, 0.25) is 0 Å². The van der Waals surface area contributed by atoms with Crippen LogP contribution >= 0.6 is 11.8 Å². The van der Waals surface area contributed by atoms with Gasteiger partial charge in [-0.25, -0.2) is 4.99 Å². The van der Waals surface area contributed by atoms with Crippen molar-refractivity contribution in [3.63, 3.8) is 0 Å². The molecule has 0 saturated carbocycles. The third-order valence-electron chi connectivity index (χ3n) is 4.15. The predicted molar refractivity (Wildman–Crippen MR) is 108 cm³/mol. The van der Waals surface area contributed by atoms with Crippen molar-refractivity contribution in [2.24, 2.45) is 4.99 Å². The zero-order valence-corrected chi connectivity index (χ0v) is 16.0. The zero-order chi connectivity index (χ0) is 17.0. The number of hydrogen-bond donors (Lipinski definition) is 2. The smallest absolute Gasteiger partial charge is 0.191 e. The highest BCUT2D eigenvalue weighted by atomic mass is 32.2. The highest BCUT2D eigenvalue weighted by Crippen LogP contribution is 2.20. The zero-order valence-electron chi connectivity index (χ0n) is 15.2. The second kappa shape index (κ2) is 11.2. The highest BCUT2D eigenvalue weighted by molar-refractivity contribution is 7.99. The molecule has 0 radical (unpaired) electrons. The average Bonchev–Trinajstić information content (AvgIpc) is 2.64. The van der Waals surface area contributed by atoms with Gasteiger partial charge in [-0.3, -0.25) is 0 Å². The molecule has 24 heavy (non-hydrogen) atoms. The lowest BCUT2D eigenvalue weighted by atomic mass is 10.2. The summed E-state index contributed by atoms with van der Waals surface area (Å²) in [5.74, 6) is 3.40. The first-order valence-electron chi connectivity index (χ1n) is 9.27. The molecule has 0 amide bonds. The SMILES string of the molecule is CCCCCNC(=NCc1ccc(N2CCSCC2)cc1)NCC. The molecule has 1 aliphatic heterocycles. The number of aliphatic imine (C=N–C) groups is 1. The highest BCUT2D eigenvalue weighted by Gasteiger charge is 2.10.